The molecule has 0 fully saturated rings. The molecule has 35 heavy (non-hydrogen) atoms. The number of carbonyl (C=O) groups excluding carboxylic acids is 2. The molecule has 1 amide bonds. The summed E-state index contributed by atoms with van der Waals surface area (Å²) in [7, 11) is 1.55. The lowest BCUT2D eigenvalue weighted by Gasteiger charge is -2.22. The average molecular weight is 463 g/mol. The Hall–Kier alpha value is -4.84. The van der Waals surface area contributed by atoms with Gasteiger partial charge in [0.2, 0.25) is 5.78 Å². The summed E-state index contributed by atoms with van der Waals surface area (Å²) in [5, 5.41) is 0. The third-order valence-electron chi connectivity index (χ3n) is 5.45. The third-order valence-corrected chi connectivity index (χ3v) is 5.45. The first-order chi connectivity index (χ1) is 17.1. The van der Waals surface area contributed by atoms with Crippen molar-refractivity contribution < 1.29 is 23.8 Å². The lowest BCUT2D eigenvalue weighted by Crippen LogP contribution is -2.29. The molecule has 0 aliphatic carbocycles. The Morgan fingerprint density at radius 3 is 2.14 bits per heavy atom. The number of fused-ring (bicyclic) bond motifs is 1. The van der Waals surface area contributed by atoms with Crippen molar-refractivity contribution in [1.82, 2.24) is 0 Å². The lowest BCUT2D eigenvalue weighted by molar-refractivity contribution is 0.101. The molecule has 5 rings (SSSR count). The number of methoxy groups -OCH3 is 1. The van der Waals surface area contributed by atoms with E-state index in [-0.39, 0.29) is 11.5 Å². The van der Waals surface area contributed by atoms with Gasteiger partial charge in [-0.05, 0) is 60.2 Å². The Morgan fingerprint density at radius 1 is 0.800 bits per heavy atom. The predicted octanol–water partition coefficient (Wildman–Crippen LogP) is 6.65. The van der Waals surface area contributed by atoms with Crippen molar-refractivity contribution in [2.75, 3.05) is 12.0 Å². The number of amides is 1. The first kappa shape index (κ1) is 22.0. The summed E-state index contributed by atoms with van der Waals surface area (Å²) in [4.78, 5) is 27.5. The summed E-state index contributed by atoms with van der Waals surface area (Å²) in [5.74, 6) is 1.36. The summed E-state index contributed by atoms with van der Waals surface area (Å²) in [6.07, 6.45) is 1.07. The van der Waals surface area contributed by atoms with Gasteiger partial charge in [-0.25, -0.2) is 9.69 Å². The topological polar surface area (TPSA) is 65.1 Å². The number of hydrogen-bond acceptors (Lipinski definition) is 5. The molecule has 0 radical (unpaired) electrons. The molecule has 0 atom stereocenters. The Labute approximate surface area is 202 Å². The molecule has 4 aromatic rings. The smallest absolute Gasteiger partial charge is 0.424 e. The van der Waals surface area contributed by atoms with E-state index >= 15 is 0 Å². The van der Waals surface area contributed by atoms with Crippen LogP contribution in [0.1, 0.15) is 15.9 Å². The number of allylic oxidation sites excluding steroid dienone is 1. The van der Waals surface area contributed by atoms with Gasteiger partial charge in [0.15, 0.2) is 5.76 Å². The number of anilines is 2. The first-order valence-corrected chi connectivity index (χ1v) is 11.0. The molecule has 0 saturated carbocycles. The standard InChI is InChI=1S/C29H21NO5/c1-33-23-15-16-25-26(19-23)35-27(28(25)31)18-20-9-8-14-24(17-20)34-29(32)30(21-10-4-2-5-11-21)22-12-6-3-7-13-22/h2-19H,1H3/b27-18-. The number of hydrogen-bond donors (Lipinski definition) is 0. The molecule has 1 aliphatic rings. The van der Waals surface area contributed by atoms with E-state index in [1.54, 1.807) is 55.7 Å². The molecule has 172 valence electrons. The summed E-state index contributed by atoms with van der Waals surface area (Å²) in [6, 6.07) is 30.5. The van der Waals surface area contributed by atoms with Crippen LogP contribution in [-0.2, 0) is 0 Å². The highest BCUT2D eigenvalue weighted by Crippen LogP contribution is 2.35. The summed E-state index contributed by atoms with van der Waals surface area (Å²) in [6.45, 7) is 0. The molecule has 0 saturated heterocycles. The zero-order chi connectivity index (χ0) is 24.2. The number of nitrogens with zero attached hydrogens (tertiary/aromatic N) is 1. The fraction of sp³-hybridized carbons (Fsp3) is 0.0345. The summed E-state index contributed by atoms with van der Waals surface area (Å²) < 4.78 is 16.7. The van der Waals surface area contributed by atoms with Crippen molar-refractivity contribution in [3.63, 3.8) is 0 Å². The summed E-state index contributed by atoms with van der Waals surface area (Å²) in [5.41, 5.74) is 2.49. The van der Waals surface area contributed by atoms with Gasteiger partial charge in [-0.1, -0.05) is 48.5 Å². The highest BCUT2D eigenvalue weighted by atomic mass is 16.6. The highest BCUT2D eigenvalue weighted by Gasteiger charge is 2.28. The van der Waals surface area contributed by atoms with E-state index in [0.717, 1.165) is 0 Å². The van der Waals surface area contributed by atoms with Gasteiger partial charge in [0, 0.05) is 6.07 Å². The van der Waals surface area contributed by atoms with Gasteiger partial charge in [-0.2, -0.15) is 0 Å². The Kier molecular flexibility index (Phi) is 6.01. The Morgan fingerprint density at radius 2 is 1.49 bits per heavy atom. The predicted molar refractivity (Wildman–Crippen MR) is 133 cm³/mol. The van der Waals surface area contributed by atoms with Crippen LogP contribution in [0.15, 0.2) is 109 Å². The second-order valence-corrected chi connectivity index (χ2v) is 7.75. The monoisotopic (exact) mass is 463 g/mol. The van der Waals surface area contributed by atoms with Crippen LogP contribution in [0.3, 0.4) is 0 Å². The van der Waals surface area contributed by atoms with Crippen molar-refractivity contribution in [1.29, 1.82) is 0 Å². The van der Waals surface area contributed by atoms with E-state index in [1.807, 2.05) is 60.7 Å². The third kappa shape index (κ3) is 4.63. The number of para-hydroxylation sites is 2. The quantitative estimate of drug-likeness (QED) is 0.310. The number of rotatable bonds is 5. The minimum Gasteiger partial charge on any atom is -0.497 e. The zero-order valence-corrected chi connectivity index (χ0v) is 18.9. The second kappa shape index (κ2) is 9.57. The fourth-order valence-electron chi connectivity index (χ4n) is 3.77. The fourth-order valence-corrected chi connectivity index (χ4v) is 3.77. The van der Waals surface area contributed by atoms with Crippen LogP contribution in [-0.4, -0.2) is 19.0 Å². The van der Waals surface area contributed by atoms with Gasteiger partial charge in [0.1, 0.15) is 17.2 Å². The molecular formula is C29H21NO5. The van der Waals surface area contributed by atoms with Crippen LogP contribution in [0.5, 0.6) is 17.2 Å². The molecule has 4 aromatic carbocycles. The SMILES string of the molecule is COc1ccc2c(c1)O/C(=C\c1cccc(OC(=O)N(c3ccccc3)c3ccccc3)c1)C2=O. The molecule has 0 N–H and O–H groups in total. The van der Waals surface area contributed by atoms with Gasteiger partial charge in [-0.3, -0.25) is 4.79 Å². The Balaban J connectivity index is 1.39. The van der Waals surface area contributed by atoms with Gasteiger partial charge in [0.05, 0.1) is 24.0 Å². The van der Waals surface area contributed by atoms with E-state index < -0.39 is 6.09 Å². The molecule has 0 bridgehead atoms. The van der Waals surface area contributed by atoms with Crippen LogP contribution in [0.25, 0.3) is 6.08 Å². The number of Topliss-reactive ketones (excluding diaryl/α,β-unsaturated/α-hetero) is 1. The van der Waals surface area contributed by atoms with E-state index in [0.29, 0.717) is 39.8 Å². The molecule has 1 aliphatic heterocycles. The molecule has 0 unspecified atom stereocenters. The minimum atomic E-state index is -0.556. The molecule has 6 heteroatoms. The molecule has 0 aromatic heterocycles. The number of carbonyl (C=O) groups is 2. The molecular weight excluding hydrogens is 442 g/mol. The van der Waals surface area contributed by atoms with Crippen molar-refractivity contribution >= 4 is 29.3 Å². The van der Waals surface area contributed by atoms with Crippen LogP contribution in [0.4, 0.5) is 16.2 Å². The summed E-state index contributed by atoms with van der Waals surface area (Å²) >= 11 is 0. The van der Waals surface area contributed by atoms with Crippen molar-refractivity contribution in [2.24, 2.45) is 0 Å². The number of ether oxygens (including phenoxy) is 3. The lowest BCUT2D eigenvalue weighted by atomic mass is 10.1. The largest absolute Gasteiger partial charge is 0.497 e. The Bertz CT molecular complexity index is 1370. The van der Waals surface area contributed by atoms with Crippen LogP contribution < -0.4 is 19.1 Å². The number of ketones is 1. The van der Waals surface area contributed by atoms with Crippen molar-refractivity contribution in [2.45, 2.75) is 0 Å². The van der Waals surface area contributed by atoms with Gasteiger partial charge in [0.25, 0.3) is 0 Å². The highest BCUT2D eigenvalue weighted by molar-refractivity contribution is 6.14. The van der Waals surface area contributed by atoms with Gasteiger partial charge < -0.3 is 14.2 Å². The van der Waals surface area contributed by atoms with E-state index in [1.165, 1.54) is 4.90 Å². The maximum Gasteiger partial charge on any atom is 0.424 e. The minimum absolute atomic E-state index is 0.187. The average Bonchev–Trinajstić information content (AvgIpc) is 3.19. The van der Waals surface area contributed by atoms with E-state index in [4.69, 9.17) is 14.2 Å². The van der Waals surface area contributed by atoms with Gasteiger partial charge >= 0.3 is 6.09 Å². The normalized spacial score (nSPS) is 13.2. The van der Waals surface area contributed by atoms with Crippen LogP contribution >= 0.6 is 0 Å². The second-order valence-electron chi connectivity index (χ2n) is 7.75. The zero-order valence-electron chi connectivity index (χ0n) is 18.9. The first-order valence-electron chi connectivity index (χ1n) is 11.0. The number of benzene rings is 4. The molecule has 0 spiro atoms. The maximum atomic E-state index is 13.2. The van der Waals surface area contributed by atoms with E-state index in [9.17, 15) is 9.59 Å². The van der Waals surface area contributed by atoms with Gasteiger partial charge in [-0.15, -0.1) is 0 Å². The molecule has 6 nitrogen and oxygen atoms in total. The van der Waals surface area contributed by atoms with Crippen LogP contribution in [0, 0.1) is 0 Å². The van der Waals surface area contributed by atoms with Crippen molar-refractivity contribution in [3.8, 4) is 17.2 Å². The maximum absolute atomic E-state index is 13.2. The van der Waals surface area contributed by atoms with Crippen LogP contribution in [0.2, 0.25) is 0 Å². The molecule has 1 heterocycles. The van der Waals surface area contributed by atoms with Crippen molar-refractivity contribution in [3.05, 3.63) is 120 Å². The van der Waals surface area contributed by atoms with E-state index in [2.05, 4.69) is 0 Å².